The van der Waals surface area contributed by atoms with Crippen LogP contribution >= 0.6 is 8.53 Å². The van der Waals surface area contributed by atoms with Gasteiger partial charge in [0.05, 0.1) is 9.85 Å². The molecule has 33 heavy (non-hydrogen) atoms. The molecule has 1 aliphatic carbocycles. The number of benzene rings is 2. The zero-order chi connectivity index (χ0) is 23.8. The van der Waals surface area contributed by atoms with Gasteiger partial charge in [0.25, 0.3) is 11.4 Å². The van der Waals surface area contributed by atoms with E-state index in [9.17, 15) is 25.0 Å². The SMILES string of the molecule is CC(NP(Oc1ccc([N+](=O)[O-])cc1)Oc1ccc([N+](=O)[O-])cc1)C(=O)OC1CCCCC1. The Labute approximate surface area is 191 Å². The molecule has 1 aliphatic rings. The molecule has 2 aromatic rings. The van der Waals surface area contributed by atoms with Gasteiger partial charge in [-0.1, -0.05) is 6.42 Å². The fourth-order valence-corrected chi connectivity index (χ4v) is 4.37. The van der Waals surface area contributed by atoms with Crippen molar-refractivity contribution >= 4 is 25.9 Å². The van der Waals surface area contributed by atoms with E-state index in [-0.39, 0.29) is 29.0 Å². The van der Waals surface area contributed by atoms with Crippen LogP contribution < -0.4 is 14.1 Å². The molecule has 0 aliphatic heterocycles. The summed E-state index contributed by atoms with van der Waals surface area (Å²) < 4.78 is 17.2. The molecule has 1 N–H and O–H groups in total. The summed E-state index contributed by atoms with van der Waals surface area (Å²) in [5, 5.41) is 24.7. The van der Waals surface area contributed by atoms with Crippen LogP contribution in [0.15, 0.2) is 48.5 Å². The lowest BCUT2D eigenvalue weighted by molar-refractivity contribution is -0.385. The number of hydrogen-bond donors (Lipinski definition) is 1. The maximum atomic E-state index is 12.6. The Morgan fingerprint density at radius 2 is 1.36 bits per heavy atom. The lowest BCUT2D eigenvalue weighted by atomic mass is 9.98. The number of hydrogen-bond acceptors (Lipinski definition) is 9. The van der Waals surface area contributed by atoms with Crippen LogP contribution in [-0.2, 0) is 9.53 Å². The van der Waals surface area contributed by atoms with Crippen LogP contribution in [0.3, 0.4) is 0 Å². The molecule has 1 atom stereocenters. The number of carbonyl (C=O) groups excluding carboxylic acids is 1. The van der Waals surface area contributed by atoms with Crippen molar-refractivity contribution in [1.29, 1.82) is 0 Å². The van der Waals surface area contributed by atoms with Crippen LogP contribution in [0.1, 0.15) is 39.0 Å². The van der Waals surface area contributed by atoms with Crippen LogP contribution in [0.25, 0.3) is 0 Å². The molecule has 3 rings (SSSR count). The maximum Gasteiger partial charge on any atom is 0.382 e. The van der Waals surface area contributed by atoms with Gasteiger partial charge in [-0.3, -0.25) is 25.0 Å². The average molecular weight is 477 g/mol. The van der Waals surface area contributed by atoms with Gasteiger partial charge in [-0.25, -0.2) is 5.09 Å². The molecule has 0 amide bonds. The third-order valence-electron chi connectivity index (χ3n) is 4.96. The fourth-order valence-electron chi connectivity index (χ4n) is 3.18. The second-order valence-corrected chi connectivity index (χ2v) is 8.63. The molecule has 0 bridgehead atoms. The minimum atomic E-state index is -1.95. The van der Waals surface area contributed by atoms with Crippen LogP contribution in [0.5, 0.6) is 11.5 Å². The van der Waals surface area contributed by atoms with E-state index in [2.05, 4.69) is 5.09 Å². The smallest absolute Gasteiger partial charge is 0.382 e. The summed E-state index contributed by atoms with van der Waals surface area (Å²) in [5.41, 5.74) is -0.194. The monoisotopic (exact) mass is 477 g/mol. The molecule has 1 saturated carbocycles. The summed E-state index contributed by atoms with van der Waals surface area (Å²) >= 11 is 0. The molecule has 176 valence electrons. The summed E-state index contributed by atoms with van der Waals surface area (Å²) in [5.74, 6) is 0.136. The Kier molecular flexibility index (Phi) is 8.51. The Hall–Kier alpha value is -3.30. The van der Waals surface area contributed by atoms with Crippen molar-refractivity contribution in [3.05, 3.63) is 68.8 Å². The van der Waals surface area contributed by atoms with Gasteiger partial charge >= 0.3 is 14.5 Å². The van der Waals surface area contributed by atoms with E-state index in [0.29, 0.717) is 0 Å². The molecule has 0 saturated heterocycles. The van der Waals surface area contributed by atoms with Crippen molar-refractivity contribution in [3.63, 3.8) is 0 Å². The van der Waals surface area contributed by atoms with Gasteiger partial charge < -0.3 is 13.8 Å². The minimum absolute atomic E-state index is 0.0969. The maximum absolute atomic E-state index is 12.6. The first kappa shape index (κ1) is 24.3. The molecule has 1 unspecified atom stereocenters. The summed E-state index contributed by atoms with van der Waals surface area (Å²) in [4.78, 5) is 33.2. The first-order valence-corrected chi connectivity index (χ1v) is 11.6. The van der Waals surface area contributed by atoms with Gasteiger partial charge in [0, 0.05) is 24.3 Å². The van der Waals surface area contributed by atoms with Gasteiger partial charge in [-0.05, 0) is 56.9 Å². The Morgan fingerprint density at radius 1 is 0.909 bits per heavy atom. The quantitative estimate of drug-likeness (QED) is 0.215. The van der Waals surface area contributed by atoms with E-state index in [4.69, 9.17) is 13.8 Å². The summed E-state index contributed by atoms with van der Waals surface area (Å²) in [6, 6.07) is 10.1. The number of non-ortho nitro benzene ring substituents is 2. The third-order valence-corrected chi connectivity index (χ3v) is 6.31. The molecule has 12 heteroatoms. The molecule has 0 spiro atoms. The number of esters is 1. The first-order chi connectivity index (χ1) is 15.8. The van der Waals surface area contributed by atoms with Crippen molar-refractivity contribution in [2.24, 2.45) is 0 Å². The number of carbonyl (C=O) groups is 1. The Bertz CT molecular complexity index is 905. The van der Waals surface area contributed by atoms with E-state index in [1.165, 1.54) is 48.5 Å². The van der Waals surface area contributed by atoms with Crippen molar-refractivity contribution in [3.8, 4) is 11.5 Å². The molecular formula is C21H24N3O8P. The Morgan fingerprint density at radius 3 is 1.79 bits per heavy atom. The van der Waals surface area contributed by atoms with Gasteiger partial charge in [-0.15, -0.1) is 0 Å². The van der Waals surface area contributed by atoms with E-state index in [1.807, 2.05) is 0 Å². The molecule has 0 aromatic heterocycles. The van der Waals surface area contributed by atoms with E-state index in [0.717, 1.165) is 32.1 Å². The lowest BCUT2D eigenvalue weighted by Gasteiger charge is -2.25. The summed E-state index contributed by atoms with van der Waals surface area (Å²) in [6.07, 6.45) is 4.77. The minimum Gasteiger partial charge on any atom is -0.461 e. The zero-order valence-electron chi connectivity index (χ0n) is 17.9. The van der Waals surface area contributed by atoms with Crippen LogP contribution in [-0.4, -0.2) is 28.0 Å². The van der Waals surface area contributed by atoms with E-state index in [1.54, 1.807) is 6.92 Å². The molecule has 1 fully saturated rings. The highest BCUT2D eigenvalue weighted by atomic mass is 31.2. The number of nitrogens with one attached hydrogen (secondary N) is 1. The predicted octanol–water partition coefficient (Wildman–Crippen LogP) is 5.04. The third kappa shape index (κ3) is 7.37. The predicted molar refractivity (Wildman–Crippen MR) is 120 cm³/mol. The first-order valence-electron chi connectivity index (χ1n) is 10.4. The number of ether oxygens (including phenoxy) is 1. The van der Waals surface area contributed by atoms with E-state index < -0.39 is 30.4 Å². The zero-order valence-corrected chi connectivity index (χ0v) is 18.8. The van der Waals surface area contributed by atoms with Crippen molar-refractivity contribution in [2.45, 2.75) is 51.2 Å². The van der Waals surface area contributed by atoms with E-state index >= 15 is 0 Å². The lowest BCUT2D eigenvalue weighted by Crippen LogP contribution is -2.36. The highest BCUT2D eigenvalue weighted by Gasteiger charge is 2.27. The van der Waals surface area contributed by atoms with Crippen LogP contribution in [0, 0.1) is 20.2 Å². The van der Waals surface area contributed by atoms with Gasteiger partial charge in [0.15, 0.2) is 0 Å². The average Bonchev–Trinajstić information content (AvgIpc) is 2.80. The van der Waals surface area contributed by atoms with Crippen molar-refractivity contribution in [1.82, 2.24) is 5.09 Å². The number of nitro groups is 2. The highest BCUT2D eigenvalue weighted by Crippen LogP contribution is 2.38. The number of nitrogens with zero attached hydrogens (tertiary/aromatic N) is 2. The highest BCUT2D eigenvalue weighted by molar-refractivity contribution is 7.45. The standard InChI is InChI=1S/C21H24N3O8P/c1-15(21(25)30-18-5-3-2-4-6-18)22-33(31-19-11-7-16(8-12-19)23(26)27)32-20-13-9-17(10-14-20)24(28)29/h7-15,18,22H,2-6H2,1H3. The topological polar surface area (TPSA) is 143 Å². The fraction of sp³-hybridized carbons (Fsp3) is 0.381. The van der Waals surface area contributed by atoms with Crippen molar-refractivity contribution in [2.75, 3.05) is 0 Å². The second kappa shape index (κ2) is 11.5. The normalized spacial score (nSPS) is 15.0. The molecule has 0 heterocycles. The van der Waals surface area contributed by atoms with Gasteiger partial charge in [0.2, 0.25) is 0 Å². The molecular weight excluding hydrogens is 453 g/mol. The van der Waals surface area contributed by atoms with Crippen molar-refractivity contribution < 1.29 is 28.4 Å². The molecule has 2 aromatic carbocycles. The molecule has 0 radical (unpaired) electrons. The van der Waals surface area contributed by atoms with Gasteiger partial charge in [0.1, 0.15) is 23.6 Å². The van der Waals surface area contributed by atoms with Crippen LogP contribution in [0.4, 0.5) is 11.4 Å². The molecule has 11 nitrogen and oxygen atoms in total. The largest absolute Gasteiger partial charge is 0.461 e. The summed E-state index contributed by atoms with van der Waals surface area (Å²) in [7, 11) is -1.95. The second-order valence-electron chi connectivity index (χ2n) is 7.49. The van der Waals surface area contributed by atoms with Gasteiger partial charge in [-0.2, -0.15) is 0 Å². The van der Waals surface area contributed by atoms with Crippen LogP contribution in [0.2, 0.25) is 0 Å². The number of rotatable bonds is 10. The Balaban J connectivity index is 1.69. The number of nitro benzene ring substituents is 2. The summed E-state index contributed by atoms with van der Waals surface area (Å²) in [6.45, 7) is 1.62.